The zero-order valence-electron chi connectivity index (χ0n) is 18.7. The molecule has 0 saturated carbocycles. The highest BCUT2D eigenvalue weighted by molar-refractivity contribution is 7.80. The van der Waals surface area contributed by atoms with Crippen molar-refractivity contribution in [2.45, 2.75) is 30.4 Å². The Bertz CT molecular complexity index is 1210. The van der Waals surface area contributed by atoms with Crippen LogP contribution in [0.3, 0.4) is 0 Å². The lowest BCUT2D eigenvalue weighted by molar-refractivity contribution is -0.138. The largest absolute Gasteiger partial charge is 0.486 e. The number of carbonyl (C=O) groups is 2. The molecule has 0 spiro atoms. The molecule has 4 rings (SSSR count). The molecule has 0 aliphatic carbocycles. The lowest BCUT2D eigenvalue weighted by Crippen LogP contribution is -2.48. The lowest BCUT2D eigenvalue weighted by Gasteiger charge is -2.33. The second-order valence-corrected chi connectivity index (χ2v) is 8.65. The summed E-state index contributed by atoms with van der Waals surface area (Å²) in [5.41, 5.74) is 1.09. The molecule has 0 bridgehead atoms. The zero-order chi connectivity index (χ0) is 24.9. The summed E-state index contributed by atoms with van der Waals surface area (Å²) in [6.45, 7) is 1.08. The van der Waals surface area contributed by atoms with E-state index in [1.807, 2.05) is 0 Å². The van der Waals surface area contributed by atoms with E-state index in [1.54, 1.807) is 30.3 Å². The number of nitrogens with zero attached hydrogens (tertiary/aromatic N) is 1. The summed E-state index contributed by atoms with van der Waals surface area (Å²) in [6, 6.07) is 11.8. The molecule has 1 aliphatic rings. The molecule has 10 heteroatoms. The summed E-state index contributed by atoms with van der Waals surface area (Å²) >= 11 is 4.21. The molecule has 0 atom stereocenters. The number of halogens is 2. The van der Waals surface area contributed by atoms with Crippen molar-refractivity contribution in [3.63, 3.8) is 0 Å². The number of furan rings is 1. The Morgan fingerprint density at radius 2 is 1.77 bits per heavy atom. The molecule has 2 aromatic carbocycles. The van der Waals surface area contributed by atoms with E-state index in [4.69, 9.17) is 9.15 Å². The van der Waals surface area contributed by atoms with Gasteiger partial charge in [0.2, 0.25) is 0 Å². The molecule has 0 radical (unpaired) electrons. The summed E-state index contributed by atoms with van der Waals surface area (Å²) in [5, 5.41) is 12.5. The van der Waals surface area contributed by atoms with Crippen molar-refractivity contribution in [2.24, 2.45) is 0 Å². The maximum atomic E-state index is 13.6. The normalized spacial score (nSPS) is 14.0. The van der Waals surface area contributed by atoms with Crippen molar-refractivity contribution in [1.29, 1.82) is 0 Å². The number of aliphatic carboxylic acids is 1. The van der Waals surface area contributed by atoms with Crippen LogP contribution >= 0.6 is 12.6 Å². The Morgan fingerprint density at radius 3 is 2.46 bits per heavy atom. The molecule has 7 nitrogen and oxygen atoms in total. The molecule has 2 heterocycles. The Labute approximate surface area is 206 Å². The predicted molar refractivity (Wildman–Crippen MR) is 127 cm³/mol. The molecule has 1 fully saturated rings. The molecule has 0 unspecified atom stereocenters. The first-order valence-corrected chi connectivity index (χ1v) is 11.5. The second kappa shape index (κ2) is 10.9. The number of amides is 1. The second-order valence-electron chi connectivity index (χ2n) is 8.17. The maximum Gasteiger partial charge on any atom is 0.323 e. The van der Waals surface area contributed by atoms with E-state index in [-0.39, 0.29) is 18.4 Å². The fraction of sp³-hybridized carbons (Fsp3) is 0.280. The van der Waals surface area contributed by atoms with Crippen LogP contribution < -0.4 is 10.1 Å². The number of carboxylic acid groups (broad SMARTS) is 1. The summed E-state index contributed by atoms with van der Waals surface area (Å²) in [6.07, 6.45) is 1.34. The number of carboxylic acids is 1. The molecule has 2 N–H and O–H groups in total. The van der Waals surface area contributed by atoms with Gasteiger partial charge in [0, 0.05) is 10.9 Å². The fourth-order valence-electron chi connectivity index (χ4n) is 4.00. The molecule has 1 aromatic heterocycles. The minimum absolute atomic E-state index is 0.0436. The van der Waals surface area contributed by atoms with Gasteiger partial charge in [0.05, 0.1) is 0 Å². The highest BCUT2D eigenvalue weighted by Crippen LogP contribution is 2.30. The van der Waals surface area contributed by atoms with Gasteiger partial charge < -0.3 is 24.5 Å². The van der Waals surface area contributed by atoms with Gasteiger partial charge in [-0.2, -0.15) is 0 Å². The topological polar surface area (TPSA) is 92.0 Å². The van der Waals surface area contributed by atoms with Gasteiger partial charge in [0.15, 0.2) is 17.4 Å². The van der Waals surface area contributed by atoms with E-state index in [1.165, 1.54) is 11.0 Å². The van der Waals surface area contributed by atoms with Crippen molar-refractivity contribution < 1.29 is 32.6 Å². The van der Waals surface area contributed by atoms with Gasteiger partial charge in [0.25, 0.3) is 5.91 Å². The van der Waals surface area contributed by atoms with Crippen LogP contribution in [0.25, 0.3) is 11.1 Å². The van der Waals surface area contributed by atoms with E-state index in [0.29, 0.717) is 40.4 Å². The van der Waals surface area contributed by atoms with Gasteiger partial charge in [-0.15, -0.1) is 12.6 Å². The third-order valence-corrected chi connectivity index (χ3v) is 6.14. The first-order chi connectivity index (χ1) is 16.8. The smallest absolute Gasteiger partial charge is 0.323 e. The molecule has 35 heavy (non-hydrogen) atoms. The predicted octanol–water partition coefficient (Wildman–Crippen LogP) is 4.37. The van der Waals surface area contributed by atoms with Crippen LogP contribution in [0.2, 0.25) is 0 Å². The quantitative estimate of drug-likeness (QED) is 0.396. The van der Waals surface area contributed by atoms with Crippen LogP contribution in [-0.4, -0.2) is 47.6 Å². The first-order valence-electron chi connectivity index (χ1n) is 11.0. The number of hydrogen-bond acceptors (Lipinski definition) is 6. The minimum Gasteiger partial charge on any atom is -0.486 e. The van der Waals surface area contributed by atoms with Gasteiger partial charge >= 0.3 is 5.97 Å². The molecule has 1 amide bonds. The number of rotatable bonds is 8. The molecule has 3 aromatic rings. The summed E-state index contributed by atoms with van der Waals surface area (Å²) in [5.74, 6) is -2.51. The Balaban J connectivity index is 1.40. The van der Waals surface area contributed by atoms with E-state index in [2.05, 4.69) is 17.9 Å². The maximum absolute atomic E-state index is 13.6. The van der Waals surface area contributed by atoms with E-state index in [0.717, 1.165) is 25.2 Å². The third-order valence-electron chi connectivity index (χ3n) is 5.77. The number of piperidine rings is 1. The van der Waals surface area contributed by atoms with Crippen molar-refractivity contribution in [3.8, 4) is 16.9 Å². The summed E-state index contributed by atoms with van der Waals surface area (Å²) in [7, 11) is 0. The first kappa shape index (κ1) is 24.7. The van der Waals surface area contributed by atoms with Crippen LogP contribution in [0.15, 0.2) is 57.8 Å². The molecule has 1 aliphatic heterocycles. The number of nitrogens with one attached hydrogen (secondary N) is 1. The summed E-state index contributed by atoms with van der Waals surface area (Å²) in [4.78, 5) is 25.9. The van der Waals surface area contributed by atoms with Gasteiger partial charge in [-0.25, -0.2) is 8.78 Å². The Kier molecular flexibility index (Phi) is 7.72. The number of benzene rings is 2. The van der Waals surface area contributed by atoms with Gasteiger partial charge in [0.1, 0.15) is 24.7 Å². The summed E-state index contributed by atoms with van der Waals surface area (Å²) < 4.78 is 38.3. The number of ether oxygens (including phenoxy) is 1. The highest BCUT2D eigenvalue weighted by atomic mass is 32.1. The number of carbonyl (C=O) groups excluding carboxylic acids is 1. The van der Waals surface area contributed by atoms with Gasteiger partial charge in [-0.05, 0) is 73.5 Å². The lowest BCUT2D eigenvalue weighted by atomic mass is 10.0. The number of thiol groups is 1. The molecular formula is C25H24F2N2O5S. The third kappa shape index (κ3) is 6.01. The van der Waals surface area contributed by atoms with Crippen LogP contribution in [0, 0.1) is 11.6 Å². The monoisotopic (exact) mass is 502 g/mol. The molecule has 184 valence electrons. The minimum atomic E-state index is -1.08. The average Bonchev–Trinajstić information content (AvgIpc) is 3.33. The van der Waals surface area contributed by atoms with Crippen molar-refractivity contribution in [1.82, 2.24) is 10.2 Å². The van der Waals surface area contributed by atoms with Crippen molar-refractivity contribution in [3.05, 3.63) is 71.7 Å². The van der Waals surface area contributed by atoms with Crippen LogP contribution in [0.1, 0.15) is 29.2 Å². The Hall–Kier alpha value is -3.37. The number of hydrogen-bond donors (Lipinski definition) is 3. The zero-order valence-corrected chi connectivity index (χ0v) is 19.6. The standard InChI is InChI=1S/C25H24F2N2O5S/c26-20-11-19(23(35)12-21(20)27)15-1-3-17(4-2-15)33-14-18-5-6-22(34-18)25(32)29(13-24(30)31)16-7-9-28-10-8-16/h1-6,11-12,16,28,35H,7-10,13-14H2,(H,30,31). The Morgan fingerprint density at radius 1 is 1.09 bits per heavy atom. The molecular weight excluding hydrogens is 478 g/mol. The van der Waals surface area contributed by atoms with Crippen molar-refractivity contribution >= 4 is 24.5 Å². The van der Waals surface area contributed by atoms with Crippen LogP contribution in [0.4, 0.5) is 8.78 Å². The van der Waals surface area contributed by atoms with Gasteiger partial charge in [-0.3, -0.25) is 9.59 Å². The van der Waals surface area contributed by atoms with E-state index < -0.39 is 30.1 Å². The van der Waals surface area contributed by atoms with Crippen LogP contribution in [0.5, 0.6) is 5.75 Å². The molecule has 1 saturated heterocycles. The van der Waals surface area contributed by atoms with Gasteiger partial charge in [-0.1, -0.05) is 12.1 Å². The van der Waals surface area contributed by atoms with Crippen molar-refractivity contribution in [2.75, 3.05) is 19.6 Å². The van der Waals surface area contributed by atoms with Crippen LogP contribution in [-0.2, 0) is 11.4 Å². The highest BCUT2D eigenvalue weighted by Gasteiger charge is 2.29. The van der Waals surface area contributed by atoms with E-state index in [9.17, 15) is 23.5 Å². The van der Waals surface area contributed by atoms with E-state index >= 15 is 0 Å². The SMILES string of the molecule is O=C(O)CN(C(=O)c1ccc(COc2ccc(-c3cc(F)c(F)cc3S)cc2)o1)C1CCNCC1. The fourth-order valence-corrected chi connectivity index (χ4v) is 4.30. The average molecular weight is 503 g/mol.